The molecule has 0 bridgehead atoms. The highest BCUT2D eigenvalue weighted by molar-refractivity contribution is 8.00. The molecule has 2 heterocycles. The predicted molar refractivity (Wildman–Crippen MR) is 82.4 cm³/mol. The van der Waals surface area contributed by atoms with Crippen LogP contribution in [0, 0.1) is 0 Å². The van der Waals surface area contributed by atoms with E-state index in [-0.39, 0.29) is 18.2 Å². The van der Waals surface area contributed by atoms with Gasteiger partial charge in [0.15, 0.2) is 0 Å². The molecule has 2 aliphatic rings. The van der Waals surface area contributed by atoms with E-state index in [0.29, 0.717) is 5.25 Å². The summed E-state index contributed by atoms with van der Waals surface area (Å²) in [5.41, 5.74) is 1.24. The molecule has 0 saturated carbocycles. The molecular weight excluding hydrogens is 270 g/mol. The van der Waals surface area contributed by atoms with Crippen molar-refractivity contribution < 1.29 is 9.94 Å². The molecule has 2 fully saturated rings. The first kappa shape index (κ1) is 14.4. The van der Waals surface area contributed by atoms with E-state index in [9.17, 15) is 5.11 Å². The molecule has 110 valence electrons. The van der Waals surface area contributed by atoms with E-state index in [2.05, 4.69) is 31.2 Å². The first-order chi connectivity index (χ1) is 9.79. The predicted octanol–water partition coefficient (Wildman–Crippen LogP) is 2.84. The fraction of sp³-hybridized carbons (Fsp3) is 0.625. The molecule has 0 aromatic heterocycles. The highest BCUT2D eigenvalue weighted by Crippen LogP contribution is 2.42. The zero-order valence-electron chi connectivity index (χ0n) is 11.9. The van der Waals surface area contributed by atoms with Gasteiger partial charge in [-0.1, -0.05) is 50.1 Å². The standard InChI is InChI=1S/C16H23NO2S/c1-2-3-9-14-16-15(13(18)11-20-16)17(19-14)10-12-7-5-4-6-8-12/h4-8,13-16,18H,2-3,9-11H2,1H3/t13-,14+,15+,16+/m1/s1. The first-order valence-electron chi connectivity index (χ1n) is 7.56. The summed E-state index contributed by atoms with van der Waals surface area (Å²) in [5.74, 6) is 0.840. The molecule has 2 aliphatic heterocycles. The average molecular weight is 293 g/mol. The fourth-order valence-corrected chi connectivity index (χ4v) is 4.67. The SMILES string of the molecule is CCCC[C@@H]1ON(Cc2ccccc2)[C@@H]2[C@H]1SC[C@H]2O. The number of fused-ring (bicyclic) bond motifs is 1. The number of thioether (sulfide) groups is 1. The van der Waals surface area contributed by atoms with Crippen LogP contribution >= 0.6 is 11.8 Å². The minimum Gasteiger partial charge on any atom is -0.390 e. The molecule has 3 nitrogen and oxygen atoms in total. The van der Waals surface area contributed by atoms with Crippen LogP contribution < -0.4 is 0 Å². The van der Waals surface area contributed by atoms with Gasteiger partial charge >= 0.3 is 0 Å². The quantitative estimate of drug-likeness (QED) is 0.905. The highest BCUT2D eigenvalue weighted by Gasteiger charge is 2.50. The van der Waals surface area contributed by atoms with Crippen LogP contribution in [0.1, 0.15) is 31.7 Å². The van der Waals surface area contributed by atoms with E-state index in [0.717, 1.165) is 18.7 Å². The first-order valence-corrected chi connectivity index (χ1v) is 8.61. The lowest BCUT2D eigenvalue weighted by Gasteiger charge is -2.23. The molecule has 1 aromatic carbocycles. The lowest BCUT2D eigenvalue weighted by atomic mass is 10.0. The van der Waals surface area contributed by atoms with Gasteiger partial charge in [-0.3, -0.25) is 4.84 Å². The number of unbranched alkanes of at least 4 members (excludes halogenated alkanes) is 1. The lowest BCUT2D eigenvalue weighted by molar-refractivity contribution is -0.182. The summed E-state index contributed by atoms with van der Waals surface area (Å²) in [4.78, 5) is 6.16. The van der Waals surface area contributed by atoms with E-state index in [1.807, 2.05) is 22.9 Å². The van der Waals surface area contributed by atoms with Crippen molar-refractivity contribution in [2.45, 2.75) is 56.2 Å². The zero-order chi connectivity index (χ0) is 13.9. The van der Waals surface area contributed by atoms with Crippen LogP contribution in [0.4, 0.5) is 0 Å². The van der Waals surface area contributed by atoms with Crippen molar-refractivity contribution in [1.82, 2.24) is 5.06 Å². The van der Waals surface area contributed by atoms with Crippen molar-refractivity contribution in [2.24, 2.45) is 0 Å². The van der Waals surface area contributed by atoms with Crippen LogP contribution in [0.5, 0.6) is 0 Å². The second-order valence-corrected chi connectivity index (χ2v) is 6.91. The van der Waals surface area contributed by atoms with Crippen molar-refractivity contribution in [3.05, 3.63) is 35.9 Å². The van der Waals surface area contributed by atoms with Crippen molar-refractivity contribution >= 4 is 11.8 Å². The van der Waals surface area contributed by atoms with Gasteiger partial charge in [-0.25, -0.2) is 0 Å². The molecular formula is C16H23NO2S. The number of nitrogens with zero attached hydrogens (tertiary/aromatic N) is 1. The average Bonchev–Trinajstić information content (AvgIpc) is 3.00. The number of hydroxylamine groups is 2. The van der Waals surface area contributed by atoms with Gasteiger partial charge in [0.1, 0.15) is 0 Å². The van der Waals surface area contributed by atoms with Crippen molar-refractivity contribution in [2.75, 3.05) is 5.75 Å². The third-order valence-electron chi connectivity index (χ3n) is 4.18. The minimum absolute atomic E-state index is 0.155. The Morgan fingerprint density at radius 2 is 2.15 bits per heavy atom. The summed E-state index contributed by atoms with van der Waals surface area (Å²) in [6.07, 6.45) is 3.50. The van der Waals surface area contributed by atoms with E-state index in [1.54, 1.807) is 0 Å². The maximum absolute atomic E-state index is 10.2. The third kappa shape index (κ3) is 2.89. The van der Waals surface area contributed by atoms with Crippen molar-refractivity contribution in [1.29, 1.82) is 0 Å². The van der Waals surface area contributed by atoms with Crippen LogP contribution in [0.15, 0.2) is 30.3 Å². The Kier molecular flexibility index (Phi) is 4.66. The normalized spacial score (nSPS) is 33.5. The number of aliphatic hydroxyl groups excluding tert-OH is 1. The lowest BCUT2D eigenvalue weighted by Crippen LogP contribution is -2.39. The number of benzene rings is 1. The number of hydrogen-bond acceptors (Lipinski definition) is 4. The molecule has 0 radical (unpaired) electrons. The molecule has 1 N–H and O–H groups in total. The van der Waals surface area contributed by atoms with Crippen molar-refractivity contribution in [3.63, 3.8) is 0 Å². The topological polar surface area (TPSA) is 32.7 Å². The Morgan fingerprint density at radius 3 is 2.90 bits per heavy atom. The van der Waals surface area contributed by atoms with Gasteiger partial charge in [0.05, 0.1) is 23.5 Å². The molecule has 1 aromatic rings. The minimum atomic E-state index is -0.264. The summed E-state index contributed by atoms with van der Waals surface area (Å²) in [5, 5.41) is 12.7. The molecule has 0 aliphatic carbocycles. The fourth-order valence-electron chi connectivity index (χ4n) is 3.14. The van der Waals surface area contributed by atoms with Gasteiger partial charge in [0.2, 0.25) is 0 Å². The van der Waals surface area contributed by atoms with Crippen molar-refractivity contribution in [3.8, 4) is 0 Å². The Labute approximate surface area is 125 Å². The number of rotatable bonds is 5. The van der Waals surface area contributed by atoms with Gasteiger partial charge < -0.3 is 5.11 Å². The summed E-state index contributed by atoms with van der Waals surface area (Å²) in [6, 6.07) is 10.5. The molecule has 3 rings (SSSR count). The Morgan fingerprint density at radius 1 is 1.35 bits per heavy atom. The second-order valence-electron chi connectivity index (χ2n) is 5.70. The van der Waals surface area contributed by atoms with E-state index >= 15 is 0 Å². The van der Waals surface area contributed by atoms with E-state index < -0.39 is 0 Å². The summed E-state index contributed by atoms with van der Waals surface area (Å²) in [7, 11) is 0. The van der Waals surface area contributed by atoms with Crippen LogP contribution in [0.3, 0.4) is 0 Å². The van der Waals surface area contributed by atoms with Crippen LogP contribution in [0.2, 0.25) is 0 Å². The summed E-state index contributed by atoms with van der Waals surface area (Å²) in [6.45, 7) is 2.98. The summed E-state index contributed by atoms with van der Waals surface area (Å²) >= 11 is 1.88. The summed E-state index contributed by atoms with van der Waals surface area (Å²) < 4.78 is 0. The van der Waals surface area contributed by atoms with E-state index in [1.165, 1.54) is 18.4 Å². The molecule has 4 heteroatoms. The highest BCUT2D eigenvalue weighted by atomic mass is 32.2. The largest absolute Gasteiger partial charge is 0.390 e. The maximum atomic E-state index is 10.2. The second kappa shape index (κ2) is 6.48. The van der Waals surface area contributed by atoms with Crippen LogP contribution in [0.25, 0.3) is 0 Å². The Bertz CT molecular complexity index is 428. The van der Waals surface area contributed by atoms with E-state index in [4.69, 9.17) is 4.84 Å². The van der Waals surface area contributed by atoms with Gasteiger partial charge in [0, 0.05) is 12.3 Å². The number of hydrogen-bond donors (Lipinski definition) is 1. The molecule has 4 atom stereocenters. The Balaban J connectivity index is 1.70. The van der Waals surface area contributed by atoms with Crippen LogP contribution in [-0.2, 0) is 11.4 Å². The molecule has 0 spiro atoms. The zero-order valence-corrected chi connectivity index (χ0v) is 12.8. The molecule has 0 amide bonds. The molecule has 0 unspecified atom stereocenters. The third-order valence-corrected chi connectivity index (χ3v) is 5.68. The van der Waals surface area contributed by atoms with Gasteiger partial charge in [-0.15, -0.1) is 0 Å². The van der Waals surface area contributed by atoms with Crippen LogP contribution in [-0.4, -0.2) is 39.4 Å². The Hall–Kier alpha value is -0.550. The maximum Gasteiger partial charge on any atom is 0.0928 e. The smallest absolute Gasteiger partial charge is 0.0928 e. The molecule has 2 saturated heterocycles. The van der Waals surface area contributed by atoms with Gasteiger partial charge in [-0.2, -0.15) is 16.8 Å². The van der Waals surface area contributed by atoms with Gasteiger partial charge in [-0.05, 0) is 12.0 Å². The number of aliphatic hydroxyl groups is 1. The molecule has 20 heavy (non-hydrogen) atoms. The van der Waals surface area contributed by atoms with Gasteiger partial charge in [0.25, 0.3) is 0 Å². The monoisotopic (exact) mass is 293 g/mol.